The minimum atomic E-state index is 0. The summed E-state index contributed by atoms with van der Waals surface area (Å²) in [7, 11) is 0. The van der Waals surface area contributed by atoms with Crippen LogP contribution in [0.3, 0.4) is 0 Å². The zero-order valence-electron chi connectivity index (χ0n) is 9.84. The zero-order chi connectivity index (χ0) is 12.3. The second kappa shape index (κ2) is 6.61. The van der Waals surface area contributed by atoms with Gasteiger partial charge in [-0.05, 0) is 11.6 Å². The fourth-order valence-electron chi connectivity index (χ4n) is 1.71. The molecule has 96 valence electrons. The van der Waals surface area contributed by atoms with Crippen LogP contribution in [0.15, 0.2) is 42.6 Å². The Hall–Kier alpha value is -1.26. The minimum Gasteiger partial charge on any atom is -0.398 e. The molecule has 0 aliphatic rings. The first-order valence-corrected chi connectivity index (χ1v) is 5.82. The van der Waals surface area contributed by atoms with Crippen molar-refractivity contribution in [1.29, 1.82) is 0 Å². The van der Waals surface area contributed by atoms with E-state index in [0.717, 1.165) is 23.6 Å². The summed E-state index contributed by atoms with van der Waals surface area (Å²) < 4.78 is 1.96. The van der Waals surface area contributed by atoms with Crippen LogP contribution in [0.2, 0.25) is 5.02 Å². The van der Waals surface area contributed by atoms with Crippen molar-refractivity contribution in [3.8, 4) is 0 Å². The number of rotatable bonds is 3. The molecule has 1 heterocycles. The van der Waals surface area contributed by atoms with Crippen molar-refractivity contribution in [2.24, 2.45) is 0 Å². The van der Waals surface area contributed by atoms with Crippen LogP contribution in [0, 0.1) is 0 Å². The third-order valence-electron chi connectivity index (χ3n) is 2.67. The number of aryl methyl sites for hydroxylation is 2. The quantitative estimate of drug-likeness (QED) is 0.851. The Balaban J connectivity index is 0.00000162. The number of pyridine rings is 1. The van der Waals surface area contributed by atoms with Gasteiger partial charge in [0, 0.05) is 23.2 Å². The normalized spacial score (nSPS) is 9.83. The van der Waals surface area contributed by atoms with Crippen LogP contribution in [0.1, 0.15) is 5.56 Å². The van der Waals surface area contributed by atoms with E-state index in [-0.39, 0.29) is 17.0 Å². The first-order valence-electron chi connectivity index (χ1n) is 5.44. The van der Waals surface area contributed by atoms with Crippen molar-refractivity contribution in [1.82, 2.24) is 0 Å². The summed E-state index contributed by atoms with van der Waals surface area (Å²) in [5.41, 5.74) is 13.3. The number of aromatic nitrogens is 1. The molecule has 1 aromatic carbocycles. The van der Waals surface area contributed by atoms with E-state index >= 15 is 0 Å². The highest BCUT2D eigenvalue weighted by Crippen LogP contribution is 2.15. The Morgan fingerprint density at radius 2 is 1.83 bits per heavy atom. The lowest BCUT2D eigenvalue weighted by atomic mass is 10.1. The molecule has 0 amide bonds. The van der Waals surface area contributed by atoms with E-state index in [9.17, 15) is 0 Å². The van der Waals surface area contributed by atoms with Gasteiger partial charge in [0.15, 0.2) is 0 Å². The SMILES string of the molecule is Br.Nc1cc[n+](CCc2ccccc2Cl)c(N)c1. The molecule has 0 spiro atoms. The molecule has 0 saturated heterocycles. The Kier molecular flexibility index (Phi) is 5.44. The highest BCUT2D eigenvalue weighted by molar-refractivity contribution is 8.93. The van der Waals surface area contributed by atoms with Crippen molar-refractivity contribution in [3.05, 3.63) is 53.2 Å². The van der Waals surface area contributed by atoms with Crippen LogP contribution in [-0.4, -0.2) is 0 Å². The Labute approximate surface area is 122 Å². The first kappa shape index (κ1) is 14.8. The van der Waals surface area contributed by atoms with Gasteiger partial charge in [-0.25, -0.2) is 4.57 Å². The van der Waals surface area contributed by atoms with Gasteiger partial charge in [-0.3, -0.25) is 5.73 Å². The molecular weight excluding hydrogens is 314 g/mol. The molecule has 0 fully saturated rings. The molecule has 2 aromatic rings. The first-order chi connectivity index (χ1) is 8.16. The standard InChI is InChI=1S/C13H14ClN3.BrH/c14-12-4-2-1-3-10(12)5-7-17-8-6-11(15)9-13(17)16;/h1-4,6,8-9H,5,7H2,(H3,15,16);1H/p+1. The second-order valence-electron chi connectivity index (χ2n) is 3.92. The average molecular weight is 330 g/mol. The topological polar surface area (TPSA) is 55.9 Å². The van der Waals surface area contributed by atoms with Crippen molar-refractivity contribution in [2.45, 2.75) is 13.0 Å². The van der Waals surface area contributed by atoms with Crippen LogP contribution in [0.25, 0.3) is 0 Å². The van der Waals surface area contributed by atoms with Gasteiger partial charge in [0.2, 0.25) is 0 Å². The maximum atomic E-state index is 6.09. The molecule has 0 aliphatic carbocycles. The number of anilines is 2. The number of hydrogen-bond acceptors (Lipinski definition) is 2. The fourth-order valence-corrected chi connectivity index (χ4v) is 1.94. The van der Waals surface area contributed by atoms with E-state index in [1.54, 1.807) is 6.07 Å². The molecule has 5 heteroatoms. The van der Waals surface area contributed by atoms with Crippen LogP contribution in [0.5, 0.6) is 0 Å². The molecule has 0 atom stereocenters. The van der Waals surface area contributed by atoms with E-state index in [1.807, 2.05) is 41.1 Å². The number of benzene rings is 1. The van der Waals surface area contributed by atoms with Crippen molar-refractivity contribution in [2.75, 3.05) is 11.5 Å². The van der Waals surface area contributed by atoms with Gasteiger partial charge in [0.1, 0.15) is 0 Å². The summed E-state index contributed by atoms with van der Waals surface area (Å²) >= 11 is 6.09. The molecule has 0 bridgehead atoms. The number of nitrogen functional groups attached to an aromatic ring is 2. The monoisotopic (exact) mass is 328 g/mol. The molecule has 4 N–H and O–H groups in total. The van der Waals surface area contributed by atoms with Gasteiger partial charge < -0.3 is 5.73 Å². The predicted molar refractivity (Wildman–Crippen MR) is 80.9 cm³/mol. The van der Waals surface area contributed by atoms with E-state index in [1.165, 1.54) is 0 Å². The Morgan fingerprint density at radius 3 is 2.50 bits per heavy atom. The summed E-state index contributed by atoms with van der Waals surface area (Å²) in [5, 5.41) is 0.794. The summed E-state index contributed by atoms with van der Waals surface area (Å²) in [6.45, 7) is 0.788. The van der Waals surface area contributed by atoms with E-state index in [0.29, 0.717) is 11.5 Å². The van der Waals surface area contributed by atoms with Gasteiger partial charge in [-0.2, -0.15) is 0 Å². The van der Waals surface area contributed by atoms with E-state index < -0.39 is 0 Å². The van der Waals surface area contributed by atoms with Gasteiger partial charge in [-0.15, -0.1) is 17.0 Å². The fraction of sp³-hybridized carbons (Fsp3) is 0.154. The lowest BCUT2D eigenvalue weighted by molar-refractivity contribution is -0.682. The lowest BCUT2D eigenvalue weighted by Crippen LogP contribution is -2.37. The summed E-state index contributed by atoms with van der Waals surface area (Å²) in [5.74, 6) is 0.664. The molecular formula is C13H16BrClN3+. The molecule has 1 aromatic heterocycles. The van der Waals surface area contributed by atoms with Crippen molar-refractivity contribution >= 4 is 40.1 Å². The molecule has 2 rings (SSSR count). The zero-order valence-corrected chi connectivity index (χ0v) is 12.3. The molecule has 18 heavy (non-hydrogen) atoms. The summed E-state index contributed by atoms with van der Waals surface area (Å²) in [6.07, 6.45) is 2.74. The molecule has 3 nitrogen and oxygen atoms in total. The van der Waals surface area contributed by atoms with Crippen LogP contribution >= 0.6 is 28.6 Å². The van der Waals surface area contributed by atoms with Crippen LogP contribution in [-0.2, 0) is 13.0 Å². The van der Waals surface area contributed by atoms with Gasteiger partial charge in [0.05, 0.1) is 18.8 Å². The lowest BCUT2D eigenvalue weighted by Gasteiger charge is -2.05. The van der Waals surface area contributed by atoms with E-state index in [4.69, 9.17) is 23.1 Å². The number of nitrogens with two attached hydrogens (primary N) is 2. The maximum Gasteiger partial charge on any atom is 0.274 e. The Bertz CT molecular complexity index is 531. The predicted octanol–water partition coefficient (Wildman–Crippen LogP) is 2.61. The van der Waals surface area contributed by atoms with Crippen molar-refractivity contribution < 1.29 is 4.57 Å². The second-order valence-corrected chi connectivity index (χ2v) is 4.33. The third kappa shape index (κ3) is 3.62. The van der Waals surface area contributed by atoms with Gasteiger partial charge in [-0.1, -0.05) is 29.8 Å². The Morgan fingerprint density at radius 1 is 1.11 bits per heavy atom. The minimum absolute atomic E-state index is 0. The maximum absolute atomic E-state index is 6.09. The average Bonchev–Trinajstić information content (AvgIpc) is 2.30. The van der Waals surface area contributed by atoms with Crippen LogP contribution in [0.4, 0.5) is 11.5 Å². The van der Waals surface area contributed by atoms with E-state index in [2.05, 4.69) is 0 Å². The number of nitrogens with zero attached hydrogens (tertiary/aromatic N) is 1. The number of hydrogen-bond donors (Lipinski definition) is 2. The molecule has 0 aliphatic heterocycles. The molecule has 0 radical (unpaired) electrons. The largest absolute Gasteiger partial charge is 0.398 e. The summed E-state index contributed by atoms with van der Waals surface area (Å²) in [4.78, 5) is 0. The third-order valence-corrected chi connectivity index (χ3v) is 3.04. The van der Waals surface area contributed by atoms with Crippen LogP contribution < -0.4 is 16.0 Å². The summed E-state index contributed by atoms with van der Waals surface area (Å²) in [6, 6.07) is 11.4. The number of halogens is 2. The highest BCUT2D eigenvalue weighted by atomic mass is 79.9. The molecule has 0 saturated carbocycles. The highest BCUT2D eigenvalue weighted by Gasteiger charge is 2.06. The van der Waals surface area contributed by atoms with Gasteiger partial charge >= 0.3 is 0 Å². The van der Waals surface area contributed by atoms with Crippen molar-refractivity contribution in [3.63, 3.8) is 0 Å². The van der Waals surface area contributed by atoms with Gasteiger partial charge in [0.25, 0.3) is 5.82 Å². The smallest absolute Gasteiger partial charge is 0.274 e. The molecule has 0 unspecified atom stereocenters.